The molecule has 0 saturated carbocycles. The second-order valence-electron chi connectivity index (χ2n) is 6.75. The van der Waals surface area contributed by atoms with Crippen molar-refractivity contribution in [3.8, 4) is 0 Å². The van der Waals surface area contributed by atoms with Gasteiger partial charge in [-0.25, -0.2) is 12.8 Å². The van der Waals surface area contributed by atoms with Crippen molar-refractivity contribution in [2.24, 2.45) is 0 Å². The van der Waals surface area contributed by atoms with E-state index in [4.69, 9.17) is 0 Å². The molecular formula is C20H22FNO3S. The highest BCUT2D eigenvalue weighted by Crippen LogP contribution is 2.25. The molecule has 1 atom stereocenters. The number of piperidine rings is 1. The second-order valence-corrected chi connectivity index (χ2v) is 8.77. The normalized spacial score (nSPS) is 17.9. The molecule has 26 heavy (non-hydrogen) atoms. The van der Waals surface area contributed by atoms with Crippen molar-refractivity contribution in [2.75, 3.05) is 12.8 Å². The minimum atomic E-state index is -3.51. The Morgan fingerprint density at radius 3 is 2.58 bits per heavy atom. The molecule has 2 aromatic rings. The van der Waals surface area contributed by atoms with E-state index in [9.17, 15) is 17.6 Å². The first kappa shape index (κ1) is 18.6. The van der Waals surface area contributed by atoms with Gasteiger partial charge in [-0.2, -0.15) is 0 Å². The minimum absolute atomic E-state index is 0.0139. The van der Waals surface area contributed by atoms with E-state index in [-0.39, 0.29) is 16.5 Å². The van der Waals surface area contributed by atoms with Crippen LogP contribution in [0.1, 0.15) is 35.2 Å². The maximum Gasteiger partial charge on any atom is 0.257 e. The molecule has 1 heterocycles. The number of amides is 1. The van der Waals surface area contributed by atoms with Crippen LogP contribution in [0.3, 0.4) is 0 Å². The molecule has 0 radical (unpaired) electrons. The summed E-state index contributed by atoms with van der Waals surface area (Å²) >= 11 is 0. The Kier molecular flexibility index (Phi) is 5.41. The van der Waals surface area contributed by atoms with Crippen molar-refractivity contribution in [1.29, 1.82) is 0 Å². The molecule has 0 N–H and O–H groups in total. The largest absolute Gasteiger partial charge is 0.335 e. The van der Waals surface area contributed by atoms with E-state index < -0.39 is 21.6 Å². The Morgan fingerprint density at radius 1 is 1.15 bits per heavy atom. The van der Waals surface area contributed by atoms with Crippen LogP contribution in [0.4, 0.5) is 4.39 Å². The number of carbonyl (C=O) groups excluding carboxylic acids is 1. The summed E-state index contributed by atoms with van der Waals surface area (Å²) in [5.74, 6) is -1.12. The van der Waals surface area contributed by atoms with Crippen molar-refractivity contribution < 1.29 is 17.6 Å². The van der Waals surface area contributed by atoms with Crippen LogP contribution < -0.4 is 0 Å². The molecule has 0 bridgehead atoms. The summed E-state index contributed by atoms with van der Waals surface area (Å²) < 4.78 is 37.8. The fourth-order valence-corrected chi connectivity index (χ4v) is 4.07. The van der Waals surface area contributed by atoms with E-state index in [1.165, 1.54) is 6.07 Å². The highest BCUT2D eigenvalue weighted by Gasteiger charge is 2.29. The van der Waals surface area contributed by atoms with Crippen molar-refractivity contribution >= 4 is 15.7 Å². The number of hydrogen-bond donors (Lipinski definition) is 0. The number of hydrogen-bond acceptors (Lipinski definition) is 3. The van der Waals surface area contributed by atoms with Crippen molar-refractivity contribution in [2.45, 2.75) is 36.6 Å². The van der Waals surface area contributed by atoms with Crippen molar-refractivity contribution in [1.82, 2.24) is 4.90 Å². The van der Waals surface area contributed by atoms with E-state index in [0.717, 1.165) is 43.2 Å². The molecule has 0 spiro atoms. The fraction of sp³-hybridized carbons (Fsp3) is 0.350. The van der Waals surface area contributed by atoms with Gasteiger partial charge in [0, 0.05) is 18.8 Å². The number of likely N-dealkylation sites (tertiary alicyclic amines) is 1. The maximum absolute atomic E-state index is 14.3. The van der Waals surface area contributed by atoms with Crippen LogP contribution in [-0.4, -0.2) is 38.1 Å². The summed E-state index contributed by atoms with van der Waals surface area (Å²) in [6.07, 6.45) is 4.50. The Hall–Kier alpha value is -2.21. The molecule has 138 valence electrons. The molecule has 6 heteroatoms. The number of rotatable bonds is 4. The summed E-state index contributed by atoms with van der Waals surface area (Å²) in [4.78, 5) is 14.6. The van der Waals surface area contributed by atoms with Gasteiger partial charge in [-0.1, -0.05) is 30.3 Å². The third-order valence-electron chi connectivity index (χ3n) is 4.80. The molecule has 3 rings (SSSR count). The Labute approximate surface area is 153 Å². The summed E-state index contributed by atoms with van der Waals surface area (Å²) in [6, 6.07) is 13.3. The summed E-state index contributed by atoms with van der Waals surface area (Å²) in [7, 11) is -3.51. The number of carbonyl (C=O) groups is 1. The van der Waals surface area contributed by atoms with E-state index in [1.807, 2.05) is 30.3 Å². The van der Waals surface area contributed by atoms with Crippen LogP contribution in [0.2, 0.25) is 0 Å². The van der Waals surface area contributed by atoms with Gasteiger partial charge < -0.3 is 4.90 Å². The second kappa shape index (κ2) is 7.58. The van der Waals surface area contributed by atoms with Gasteiger partial charge in [0.25, 0.3) is 5.91 Å². The van der Waals surface area contributed by atoms with Crippen molar-refractivity contribution in [3.05, 3.63) is 65.5 Å². The van der Waals surface area contributed by atoms with E-state index in [1.54, 1.807) is 4.90 Å². The number of sulfone groups is 1. The van der Waals surface area contributed by atoms with Crippen LogP contribution in [0.15, 0.2) is 53.4 Å². The lowest BCUT2D eigenvalue weighted by atomic mass is 9.95. The van der Waals surface area contributed by atoms with Crippen LogP contribution in [0, 0.1) is 5.82 Å². The molecule has 0 aromatic heterocycles. The topological polar surface area (TPSA) is 54.5 Å². The van der Waals surface area contributed by atoms with Gasteiger partial charge in [0.1, 0.15) is 5.82 Å². The third-order valence-corrected chi connectivity index (χ3v) is 5.91. The lowest BCUT2D eigenvalue weighted by Gasteiger charge is -2.36. The summed E-state index contributed by atoms with van der Waals surface area (Å²) in [5.41, 5.74) is 0.954. The van der Waals surface area contributed by atoms with Crippen LogP contribution in [0.25, 0.3) is 0 Å². The third kappa shape index (κ3) is 4.12. The highest BCUT2D eigenvalue weighted by molar-refractivity contribution is 7.90. The van der Waals surface area contributed by atoms with Crippen LogP contribution in [0.5, 0.6) is 0 Å². The number of halogens is 1. The summed E-state index contributed by atoms with van der Waals surface area (Å²) in [6.45, 7) is 0.554. The van der Waals surface area contributed by atoms with Gasteiger partial charge in [-0.3, -0.25) is 4.79 Å². The van der Waals surface area contributed by atoms with E-state index in [0.29, 0.717) is 13.0 Å². The van der Waals surface area contributed by atoms with Gasteiger partial charge in [0.05, 0.1) is 10.5 Å². The molecule has 4 nitrogen and oxygen atoms in total. The minimum Gasteiger partial charge on any atom is -0.335 e. The standard InChI is InChI=1S/C20H22FNO3S/c1-26(24,25)17-10-11-19(21)18(14-17)20(23)22-12-6-5-9-16(22)13-15-7-3-2-4-8-15/h2-4,7-8,10-11,14,16H,5-6,9,12-13H2,1H3. The van der Waals surface area contributed by atoms with Gasteiger partial charge >= 0.3 is 0 Å². The maximum atomic E-state index is 14.3. The SMILES string of the molecule is CS(=O)(=O)c1ccc(F)c(C(=O)N2CCCCC2Cc2ccccc2)c1. The quantitative estimate of drug-likeness (QED) is 0.769. The van der Waals surface area contributed by atoms with Crippen molar-refractivity contribution in [3.63, 3.8) is 0 Å². The smallest absolute Gasteiger partial charge is 0.257 e. The number of benzene rings is 2. The highest BCUT2D eigenvalue weighted by atomic mass is 32.2. The van der Waals surface area contributed by atoms with E-state index in [2.05, 4.69) is 0 Å². The molecule has 0 aliphatic carbocycles. The Bertz CT molecular complexity index is 897. The zero-order valence-corrected chi connectivity index (χ0v) is 15.5. The Morgan fingerprint density at radius 2 is 1.88 bits per heavy atom. The van der Waals surface area contributed by atoms with Crippen LogP contribution >= 0.6 is 0 Å². The average molecular weight is 375 g/mol. The first-order valence-electron chi connectivity index (χ1n) is 8.71. The molecule has 1 fully saturated rings. The zero-order valence-electron chi connectivity index (χ0n) is 14.7. The average Bonchev–Trinajstić information content (AvgIpc) is 2.62. The molecule has 2 aromatic carbocycles. The first-order chi connectivity index (χ1) is 12.4. The molecule has 1 saturated heterocycles. The van der Waals surface area contributed by atoms with Crippen LogP contribution in [-0.2, 0) is 16.3 Å². The van der Waals surface area contributed by atoms with Gasteiger partial charge in [-0.15, -0.1) is 0 Å². The fourth-order valence-electron chi connectivity index (χ4n) is 3.42. The lowest BCUT2D eigenvalue weighted by Crippen LogP contribution is -2.45. The summed E-state index contributed by atoms with van der Waals surface area (Å²) in [5, 5.41) is 0. The Balaban J connectivity index is 1.89. The predicted octanol–water partition coefficient (Wildman–Crippen LogP) is 3.47. The monoisotopic (exact) mass is 375 g/mol. The molecular weight excluding hydrogens is 353 g/mol. The van der Waals surface area contributed by atoms with Gasteiger partial charge in [0.15, 0.2) is 9.84 Å². The zero-order chi connectivity index (χ0) is 18.7. The predicted molar refractivity (Wildman–Crippen MR) is 98.3 cm³/mol. The molecule has 1 unspecified atom stereocenters. The molecule has 1 aliphatic rings. The van der Waals surface area contributed by atoms with Gasteiger partial charge in [0.2, 0.25) is 0 Å². The number of nitrogens with zero attached hydrogens (tertiary/aromatic N) is 1. The first-order valence-corrected chi connectivity index (χ1v) is 10.6. The molecule has 1 aliphatic heterocycles. The van der Waals surface area contributed by atoms with Gasteiger partial charge in [-0.05, 0) is 49.4 Å². The lowest BCUT2D eigenvalue weighted by molar-refractivity contribution is 0.0608. The molecule has 1 amide bonds. The van der Waals surface area contributed by atoms with E-state index >= 15 is 0 Å².